The molecule has 60 heavy (non-hydrogen) atoms. The SMILES string of the molecule is CC/C=C\C/C=C\C/C=C\CCCCCC(=O)OCC(O)COP(=O)(O)OCC(NC(=O)CCCCCCCCCCCCCCCCCCCCCCCCC)C(=O)O. The van der Waals surface area contributed by atoms with Crippen LogP contribution in [-0.2, 0) is 32.7 Å². The summed E-state index contributed by atoms with van der Waals surface area (Å²) in [4.78, 5) is 46.0. The Labute approximate surface area is 365 Å². The molecule has 4 N–H and O–H groups in total. The first-order valence-corrected chi connectivity index (χ1v) is 25.5. The molecule has 0 bridgehead atoms. The van der Waals surface area contributed by atoms with E-state index in [1.54, 1.807) is 0 Å². The van der Waals surface area contributed by atoms with Crippen LogP contribution < -0.4 is 5.32 Å². The van der Waals surface area contributed by atoms with E-state index in [1.807, 2.05) is 0 Å². The monoisotopic (exact) mass is 870 g/mol. The highest BCUT2D eigenvalue weighted by Gasteiger charge is 2.28. The Kier molecular flexibility index (Phi) is 41.7. The van der Waals surface area contributed by atoms with Gasteiger partial charge in [-0.1, -0.05) is 198 Å². The first-order chi connectivity index (χ1) is 29.1. The zero-order valence-electron chi connectivity index (χ0n) is 38.0. The lowest BCUT2D eigenvalue weighted by Crippen LogP contribution is -2.43. The summed E-state index contributed by atoms with van der Waals surface area (Å²) in [6.45, 7) is 2.47. The number of aliphatic hydroxyl groups excluding tert-OH is 1. The number of aliphatic carboxylic acids is 1. The van der Waals surface area contributed by atoms with Crippen LogP contribution in [-0.4, -0.2) is 64.9 Å². The van der Waals surface area contributed by atoms with Gasteiger partial charge in [0.1, 0.15) is 12.7 Å². The van der Waals surface area contributed by atoms with Crippen molar-refractivity contribution < 1.29 is 47.8 Å². The molecule has 3 unspecified atom stereocenters. The smallest absolute Gasteiger partial charge is 0.472 e. The Morgan fingerprint density at radius 3 is 1.45 bits per heavy atom. The molecule has 0 aromatic heterocycles. The highest BCUT2D eigenvalue weighted by Crippen LogP contribution is 2.43. The summed E-state index contributed by atoms with van der Waals surface area (Å²) in [6, 6.07) is -1.55. The molecular weight excluding hydrogens is 781 g/mol. The van der Waals surface area contributed by atoms with Gasteiger partial charge in [0.15, 0.2) is 6.04 Å². The van der Waals surface area contributed by atoms with Crippen molar-refractivity contribution in [1.29, 1.82) is 0 Å². The standard InChI is InChI=1S/C48H88NO10P/c1-3-5-7-9-11-13-15-17-18-19-20-21-22-23-24-25-26-28-29-31-33-35-37-39-46(51)49-45(48(53)54)43-59-60(55,56)58-42-44(50)41-57-47(52)40-38-36-34-32-30-27-16-14-12-10-8-6-4-2/h6,8,12,14,27,30,44-45,50H,3-5,7,9-11,13,15-26,28-29,31-43H2,1-2H3,(H,49,51)(H,53,54)(H,55,56)/b8-6-,14-12-,30-27-. The van der Waals surface area contributed by atoms with E-state index in [9.17, 15) is 34.1 Å². The fourth-order valence-corrected chi connectivity index (χ4v) is 7.52. The number of carboxylic acid groups (broad SMARTS) is 1. The largest absolute Gasteiger partial charge is 0.480 e. The molecule has 0 aromatic carbocycles. The Hall–Kier alpha value is -2.30. The summed E-state index contributed by atoms with van der Waals surface area (Å²) in [7, 11) is -4.76. The van der Waals surface area contributed by atoms with Crippen LogP contribution in [0.25, 0.3) is 0 Å². The van der Waals surface area contributed by atoms with Gasteiger partial charge >= 0.3 is 19.8 Å². The number of carbonyl (C=O) groups is 3. The molecule has 0 aliphatic rings. The van der Waals surface area contributed by atoms with E-state index in [-0.39, 0.29) is 12.8 Å². The molecule has 11 nitrogen and oxygen atoms in total. The lowest BCUT2D eigenvalue weighted by Gasteiger charge is -2.18. The molecule has 0 saturated carbocycles. The van der Waals surface area contributed by atoms with Gasteiger partial charge in [-0.15, -0.1) is 0 Å². The predicted molar refractivity (Wildman–Crippen MR) is 245 cm³/mol. The molecule has 3 atom stereocenters. The first-order valence-electron chi connectivity index (χ1n) is 24.0. The number of phosphoric acid groups is 1. The van der Waals surface area contributed by atoms with E-state index in [2.05, 4.69) is 55.6 Å². The molecule has 0 radical (unpaired) electrons. The zero-order chi connectivity index (χ0) is 44.2. The normalized spacial score (nSPS) is 13.9. The van der Waals surface area contributed by atoms with E-state index in [4.69, 9.17) is 13.8 Å². The van der Waals surface area contributed by atoms with Gasteiger partial charge in [0.2, 0.25) is 5.91 Å². The van der Waals surface area contributed by atoms with Gasteiger partial charge in [0.05, 0.1) is 13.2 Å². The number of hydrogen-bond acceptors (Lipinski definition) is 8. The number of ether oxygens (including phenoxy) is 1. The van der Waals surface area contributed by atoms with Crippen molar-refractivity contribution in [2.24, 2.45) is 0 Å². The van der Waals surface area contributed by atoms with Gasteiger partial charge in [-0.2, -0.15) is 0 Å². The van der Waals surface area contributed by atoms with Crippen molar-refractivity contribution in [3.05, 3.63) is 36.5 Å². The van der Waals surface area contributed by atoms with Crippen LogP contribution in [0.2, 0.25) is 0 Å². The van der Waals surface area contributed by atoms with E-state index in [0.29, 0.717) is 12.8 Å². The number of nitrogens with one attached hydrogen (secondary N) is 1. The minimum atomic E-state index is -4.76. The third kappa shape index (κ3) is 42.4. The lowest BCUT2D eigenvalue weighted by molar-refractivity contribution is -0.147. The number of phosphoric ester groups is 1. The Bertz CT molecular complexity index is 1160. The van der Waals surface area contributed by atoms with Gasteiger partial charge < -0.3 is 25.2 Å². The number of unbranched alkanes of at least 4 members (excludes halogenated alkanes) is 25. The summed E-state index contributed by atoms with van der Waals surface area (Å²) in [5.74, 6) is -2.40. The first kappa shape index (κ1) is 57.7. The van der Waals surface area contributed by atoms with Crippen LogP contribution in [0.1, 0.15) is 219 Å². The minimum absolute atomic E-state index is 0.147. The second kappa shape index (κ2) is 43.4. The number of allylic oxidation sites excluding steroid dienone is 6. The van der Waals surface area contributed by atoms with Crippen LogP contribution >= 0.6 is 7.82 Å². The molecule has 0 saturated heterocycles. The minimum Gasteiger partial charge on any atom is -0.480 e. The van der Waals surface area contributed by atoms with Gasteiger partial charge in [0, 0.05) is 12.8 Å². The van der Waals surface area contributed by atoms with Gasteiger partial charge in [0.25, 0.3) is 0 Å². The number of aliphatic hydroxyl groups is 1. The predicted octanol–water partition coefficient (Wildman–Crippen LogP) is 12.8. The quantitative estimate of drug-likeness (QED) is 0.0200. The Morgan fingerprint density at radius 2 is 0.967 bits per heavy atom. The molecule has 12 heteroatoms. The summed E-state index contributed by atoms with van der Waals surface area (Å²) in [5, 5.41) is 21.9. The van der Waals surface area contributed by atoms with E-state index < -0.39 is 57.6 Å². The van der Waals surface area contributed by atoms with Crippen molar-refractivity contribution in [3.63, 3.8) is 0 Å². The zero-order valence-corrected chi connectivity index (χ0v) is 38.9. The topological polar surface area (TPSA) is 169 Å². The molecule has 1 amide bonds. The van der Waals surface area contributed by atoms with Crippen LogP contribution in [0.4, 0.5) is 0 Å². The summed E-state index contributed by atoms with van der Waals surface area (Å²) >= 11 is 0. The maximum Gasteiger partial charge on any atom is 0.472 e. The van der Waals surface area contributed by atoms with Crippen molar-refractivity contribution in [3.8, 4) is 0 Å². The fourth-order valence-electron chi connectivity index (χ4n) is 6.74. The summed E-state index contributed by atoms with van der Waals surface area (Å²) < 4.78 is 26.8. The van der Waals surface area contributed by atoms with E-state index in [1.165, 1.54) is 122 Å². The number of hydrogen-bond donors (Lipinski definition) is 4. The highest BCUT2D eigenvalue weighted by atomic mass is 31.2. The lowest BCUT2D eigenvalue weighted by atomic mass is 10.0. The van der Waals surface area contributed by atoms with Crippen molar-refractivity contribution in [2.45, 2.75) is 231 Å². The average Bonchev–Trinajstić information content (AvgIpc) is 3.22. The van der Waals surface area contributed by atoms with Crippen LogP contribution in [0.5, 0.6) is 0 Å². The average molecular weight is 870 g/mol. The van der Waals surface area contributed by atoms with Crippen LogP contribution in [0.3, 0.4) is 0 Å². The van der Waals surface area contributed by atoms with Crippen molar-refractivity contribution in [1.82, 2.24) is 5.32 Å². The summed E-state index contributed by atoms with van der Waals surface area (Å²) in [5.41, 5.74) is 0. The second-order valence-corrected chi connectivity index (χ2v) is 17.7. The number of rotatable bonds is 45. The molecule has 0 heterocycles. The molecule has 0 rings (SSSR count). The number of amides is 1. The molecular formula is C48H88NO10P. The fraction of sp³-hybridized carbons (Fsp3) is 0.812. The highest BCUT2D eigenvalue weighted by molar-refractivity contribution is 7.47. The van der Waals surface area contributed by atoms with Crippen LogP contribution in [0.15, 0.2) is 36.5 Å². The Balaban J connectivity index is 3.83. The van der Waals surface area contributed by atoms with Crippen molar-refractivity contribution in [2.75, 3.05) is 19.8 Å². The Morgan fingerprint density at radius 1 is 0.550 bits per heavy atom. The molecule has 0 aliphatic carbocycles. The third-order valence-corrected chi connectivity index (χ3v) is 11.4. The summed E-state index contributed by atoms with van der Waals surface area (Å²) in [6.07, 6.45) is 47.5. The third-order valence-electron chi connectivity index (χ3n) is 10.4. The van der Waals surface area contributed by atoms with E-state index in [0.717, 1.165) is 57.8 Å². The molecule has 0 aromatic rings. The molecule has 350 valence electrons. The van der Waals surface area contributed by atoms with Gasteiger partial charge in [-0.3, -0.25) is 18.6 Å². The molecule has 0 fully saturated rings. The number of carbonyl (C=O) groups excluding carboxylic acids is 2. The van der Waals surface area contributed by atoms with Crippen LogP contribution in [0, 0.1) is 0 Å². The van der Waals surface area contributed by atoms with Crippen molar-refractivity contribution >= 4 is 25.7 Å². The van der Waals surface area contributed by atoms with Gasteiger partial charge in [-0.05, 0) is 44.9 Å². The maximum absolute atomic E-state index is 12.4. The number of esters is 1. The number of carboxylic acids is 1. The molecule has 0 spiro atoms. The van der Waals surface area contributed by atoms with Gasteiger partial charge in [-0.25, -0.2) is 9.36 Å². The molecule has 0 aliphatic heterocycles. The second-order valence-electron chi connectivity index (χ2n) is 16.3. The van der Waals surface area contributed by atoms with E-state index >= 15 is 0 Å². The maximum atomic E-state index is 12.4.